The lowest BCUT2D eigenvalue weighted by molar-refractivity contribution is -0.328. The molecule has 0 radical (unpaired) electrons. The number of phenols is 1. The number of aromatic amines is 1. The molecule has 15 nitrogen and oxygen atoms in total. The van der Waals surface area contributed by atoms with Crippen LogP contribution in [0, 0.1) is 57.4 Å². The van der Waals surface area contributed by atoms with E-state index in [1.807, 2.05) is 18.2 Å². The third kappa shape index (κ3) is 8.75. The summed E-state index contributed by atoms with van der Waals surface area (Å²) in [4.78, 5) is 35.9. The van der Waals surface area contributed by atoms with Crippen molar-refractivity contribution in [3.8, 4) is 29.3 Å². The number of hydrogen-bond donors (Lipinski definition) is 7. The van der Waals surface area contributed by atoms with E-state index in [2.05, 4.69) is 35.4 Å². The Balaban J connectivity index is 0.811. The number of allylic oxidation sites excluding steroid dienone is 2. The van der Waals surface area contributed by atoms with Crippen LogP contribution >= 0.6 is 0 Å². The van der Waals surface area contributed by atoms with Crippen LogP contribution in [0.5, 0.6) is 17.2 Å². The van der Waals surface area contributed by atoms with Crippen molar-refractivity contribution in [3.05, 3.63) is 109 Å². The first-order chi connectivity index (χ1) is 48.0. The minimum atomic E-state index is -2.50. The summed E-state index contributed by atoms with van der Waals surface area (Å²) in [5, 5.41) is 77.1. The molecular formula is C84H96N2O13. The third-order valence-electron chi connectivity index (χ3n) is 30.4. The normalized spacial score (nSPS) is 38.4. The number of methoxy groups -OCH3 is 1. The van der Waals surface area contributed by atoms with Crippen molar-refractivity contribution in [2.45, 2.75) is 246 Å². The van der Waals surface area contributed by atoms with Gasteiger partial charge in [-0.1, -0.05) is 55.9 Å². The molecule has 16 unspecified atom stereocenters. The number of ketones is 1. The van der Waals surface area contributed by atoms with Gasteiger partial charge in [0.25, 0.3) is 5.91 Å². The number of H-pyrrole nitrogens is 1. The molecular weight excluding hydrogens is 1240 g/mol. The Morgan fingerprint density at radius 3 is 2.55 bits per heavy atom. The number of aromatic nitrogens is 1. The molecule has 1 amide bonds. The molecule has 99 heavy (non-hydrogen) atoms. The molecule has 15 heteroatoms. The van der Waals surface area contributed by atoms with Gasteiger partial charge < -0.3 is 64.2 Å². The smallest absolute Gasteiger partial charge is 0.254 e. The zero-order valence-corrected chi connectivity index (χ0v) is 57.4. The standard InChI is InChI=1S/C84H96N2O13/c1-95-73-55-17-16-49-31-48-11-5-14-53(48)66-64(49)67(55)69-72(91)68(66)61(89)39-86-38-59-47(10-4-15-54(59)76(86)92)12-8-30-96-75-71(90)63-40-97-62(19-18-56(73)74(69)99-77(98-63)84(75,94)45-88)58-37-85-60-32-50-21-26-82-44-83(93)24-6-13-51(83)33-52(82)35-81(36-57(65(58)60)70(50)82)43-79(25-20-46(34-79)9-7-29-87)42-80(81)28-27-78(41-80)22-2-3-23-78/h4,10,15,18-19,31-32,37,46,48,51-53,62-63,71,75,77,85,87-88,90-91,93-94H,2-3,5-7,9,11-14,16-17,20-29,33-36,38-45H2,1H3. The maximum Gasteiger partial charge on any atom is 0.254 e. The number of aliphatic hydroxyl groups is 5. The predicted octanol–water partition coefficient (Wildman–Crippen LogP) is 13.1. The van der Waals surface area contributed by atoms with Gasteiger partial charge in [0, 0.05) is 64.2 Å². The average Bonchev–Trinajstić information content (AvgIpc) is 1.44. The minimum Gasteiger partial charge on any atom is -0.506 e. The minimum absolute atomic E-state index is 0.00906. The molecule has 5 heterocycles. The van der Waals surface area contributed by atoms with E-state index >= 15 is 4.79 Å². The number of phenolic OH excluding ortho intramolecular Hbond substituents is 1. The maximum absolute atomic E-state index is 15.9. The van der Waals surface area contributed by atoms with Crippen molar-refractivity contribution in [2.75, 3.05) is 33.5 Å². The fourth-order valence-corrected chi connectivity index (χ4v) is 26.6. The van der Waals surface area contributed by atoms with Gasteiger partial charge in [-0.05, 0) is 268 Å². The molecule has 20 rings (SSSR count). The van der Waals surface area contributed by atoms with Crippen LogP contribution in [0.1, 0.15) is 249 Å². The van der Waals surface area contributed by atoms with E-state index in [0.29, 0.717) is 58.3 Å². The van der Waals surface area contributed by atoms with Crippen molar-refractivity contribution in [2.24, 2.45) is 45.3 Å². The molecule has 1 aromatic heterocycles. The highest BCUT2D eigenvalue weighted by Gasteiger charge is 2.71. The molecule has 5 aromatic rings. The zero-order valence-electron chi connectivity index (χ0n) is 57.4. The van der Waals surface area contributed by atoms with Gasteiger partial charge in [0.1, 0.15) is 41.7 Å². The molecule has 7 saturated carbocycles. The number of aromatic hydroxyl groups is 1. The molecule has 4 aromatic carbocycles. The highest BCUT2D eigenvalue weighted by atomic mass is 16.7. The van der Waals surface area contributed by atoms with Crippen molar-refractivity contribution < 1.29 is 63.9 Å². The van der Waals surface area contributed by atoms with E-state index in [1.54, 1.807) is 24.1 Å². The number of fused-ring (bicyclic) bond motifs is 11. The fourth-order valence-electron chi connectivity index (χ4n) is 26.6. The number of hydrogen-bond acceptors (Lipinski definition) is 13. The summed E-state index contributed by atoms with van der Waals surface area (Å²) in [7, 11) is 1.64. The van der Waals surface area contributed by atoms with Gasteiger partial charge in [-0.15, -0.1) is 0 Å². The topological polar surface area (TPSA) is 221 Å². The number of aliphatic hydroxyl groups excluding tert-OH is 3. The molecule has 5 spiro atoms. The number of carbonyl (C=O) groups excluding carboxylic acids is 2. The molecule has 520 valence electrons. The number of ether oxygens (including phenoxy) is 5. The number of benzene rings is 4. The van der Waals surface area contributed by atoms with Crippen molar-refractivity contribution in [1.82, 2.24) is 9.88 Å². The van der Waals surface area contributed by atoms with E-state index in [4.69, 9.17) is 23.7 Å². The molecule has 1 saturated heterocycles. The lowest BCUT2D eigenvalue weighted by Crippen LogP contribution is -2.70. The van der Waals surface area contributed by atoms with Crippen LogP contribution in [0.15, 0.2) is 42.6 Å². The van der Waals surface area contributed by atoms with Crippen LogP contribution in [0.4, 0.5) is 0 Å². The summed E-state index contributed by atoms with van der Waals surface area (Å²) >= 11 is 0. The second kappa shape index (κ2) is 22.2. The molecule has 11 aliphatic carbocycles. The van der Waals surface area contributed by atoms with Crippen LogP contribution in [0.2, 0.25) is 0 Å². The van der Waals surface area contributed by atoms with Crippen LogP contribution in [0.25, 0.3) is 33.3 Å². The van der Waals surface area contributed by atoms with Crippen molar-refractivity contribution in [3.63, 3.8) is 0 Å². The summed E-state index contributed by atoms with van der Waals surface area (Å²) in [5.41, 5.74) is 9.82. The van der Waals surface area contributed by atoms with Gasteiger partial charge in [0.2, 0.25) is 6.29 Å². The number of rotatable bonds is 6. The average molecular weight is 1340 g/mol. The maximum atomic E-state index is 15.9. The third-order valence-corrected chi connectivity index (χ3v) is 30.4. The number of aryl methyl sites for hydroxylation is 2. The molecule has 8 bridgehead atoms. The predicted molar refractivity (Wildman–Crippen MR) is 372 cm³/mol. The number of nitrogens with one attached hydrogen (secondary N) is 1. The van der Waals surface area contributed by atoms with Gasteiger partial charge in [0.15, 0.2) is 17.5 Å². The molecule has 16 atom stereocenters. The van der Waals surface area contributed by atoms with Crippen molar-refractivity contribution in [1.29, 1.82) is 0 Å². The van der Waals surface area contributed by atoms with Gasteiger partial charge in [-0.25, -0.2) is 0 Å². The zero-order chi connectivity index (χ0) is 66.9. The highest BCUT2D eigenvalue weighted by molar-refractivity contribution is 6.17. The molecule has 8 fully saturated rings. The SMILES string of the molecule is COc1c2c3c4c(O)c(c5c6c4c1CCC6=CC1CCCC51)C(=O)CN1Cc4c(cccc4C1=O)CC#COC1C(O)C(COC(c4c[nH]c5cc6c7c(c45)CC4(CC5CC8CCCC8(O)CC75CC6)CC5(CCC(CCCO)C5)CC45CCC4(CCCC4)C5)C=C2)OC(O3)C1(O)CO. The van der Waals surface area contributed by atoms with Crippen LogP contribution in [-0.2, 0) is 51.9 Å². The van der Waals surface area contributed by atoms with E-state index in [1.165, 1.54) is 100 Å². The Labute approximate surface area is 579 Å². The Hall–Kier alpha value is -6.22. The lowest BCUT2D eigenvalue weighted by Gasteiger charge is -2.54. The number of carbonyl (C=O) groups is 2. The number of Topliss-reactive ketones (excluding diaryl/α,β-unsaturated/α-hetero) is 1. The summed E-state index contributed by atoms with van der Waals surface area (Å²) < 4.78 is 34.8. The summed E-state index contributed by atoms with van der Waals surface area (Å²) in [6.07, 6.45) is 34.7. The Morgan fingerprint density at radius 1 is 0.818 bits per heavy atom. The molecule has 15 aliphatic rings. The first kappa shape index (κ1) is 62.5. The Kier molecular flexibility index (Phi) is 14.0. The quantitative estimate of drug-likeness (QED) is 0.0788. The summed E-state index contributed by atoms with van der Waals surface area (Å²) in [6.45, 7) is -1.11. The molecule has 7 N–H and O–H groups in total. The lowest BCUT2D eigenvalue weighted by atomic mass is 9.52. The van der Waals surface area contributed by atoms with Crippen LogP contribution in [-0.4, -0.2) is 121 Å². The van der Waals surface area contributed by atoms with Crippen LogP contribution < -0.4 is 9.47 Å². The molecule has 4 aliphatic heterocycles. The van der Waals surface area contributed by atoms with Gasteiger partial charge >= 0.3 is 0 Å². The van der Waals surface area contributed by atoms with Crippen molar-refractivity contribution >= 4 is 45.0 Å². The van der Waals surface area contributed by atoms with Gasteiger partial charge in [-0.2, -0.15) is 0 Å². The first-order valence-corrected chi connectivity index (χ1v) is 38.4. The van der Waals surface area contributed by atoms with E-state index in [0.717, 1.165) is 133 Å². The second-order valence-electron chi connectivity index (χ2n) is 35.0. The second-order valence-corrected chi connectivity index (χ2v) is 35.0. The number of amides is 1. The highest BCUT2D eigenvalue weighted by Crippen LogP contribution is 2.80. The Morgan fingerprint density at radius 2 is 1.69 bits per heavy atom. The first-order valence-electron chi connectivity index (χ1n) is 38.4. The van der Waals surface area contributed by atoms with E-state index < -0.39 is 54.3 Å². The Bertz CT molecular complexity index is 4430. The fraction of sp³-hybridized carbons (Fsp3) is 0.619. The van der Waals surface area contributed by atoms with Gasteiger partial charge in [0.05, 0.1) is 49.0 Å². The summed E-state index contributed by atoms with van der Waals surface area (Å²) in [6, 6.07) is 7.91. The van der Waals surface area contributed by atoms with Gasteiger partial charge in [-0.3, -0.25) is 9.59 Å². The number of nitrogens with zero attached hydrogens (tertiary/aromatic N) is 1. The van der Waals surface area contributed by atoms with Crippen LogP contribution in [0.3, 0.4) is 0 Å². The summed E-state index contributed by atoms with van der Waals surface area (Å²) in [5.74, 6) is 4.09. The van der Waals surface area contributed by atoms with E-state index in [-0.39, 0.29) is 94.6 Å². The van der Waals surface area contributed by atoms with E-state index in [9.17, 15) is 35.4 Å². The largest absolute Gasteiger partial charge is 0.506 e. The monoisotopic (exact) mass is 1340 g/mol.